The fraction of sp³-hybridized carbons (Fsp3) is 0.778. The largest absolute Gasteiger partial charge is 0.493 e. The molecule has 7 fully saturated rings. The third-order valence-electron chi connectivity index (χ3n) is 10.9. The van der Waals surface area contributed by atoms with Crippen LogP contribution < -0.4 is 9.47 Å². The number of benzene rings is 1. The van der Waals surface area contributed by atoms with Crippen molar-refractivity contribution in [3.05, 3.63) is 23.3 Å². The van der Waals surface area contributed by atoms with Gasteiger partial charge in [-0.2, -0.15) is 0 Å². The van der Waals surface area contributed by atoms with Gasteiger partial charge in [-0.1, -0.05) is 0 Å². The zero-order valence-electron chi connectivity index (χ0n) is 19.6. The lowest BCUT2D eigenvalue weighted by molar-refractivity contribution is -0.616. The number of rotatable bonds is 5. The van der Waals surface area contributed by atoms with Gasteiger partial charge in [-0.15, -0.1) is 0 Å². The maximum absolute atomic E-state index is 10.9. The van der Waals surface area contributed by atoms with Gasteiger partial charge in [-0.05, 0) is 98.3 Å². The Morgan fingerprint density at radius 3 is 2.44 bits per heavy atom. The molecular formula is C27H35NO4. The van der Waals surface area contributed by atoms with Crippen molar-refractivity contribution >= 4 is 0 Å². The second kappa shape index (κ2) is 5.67. The van der Waals surface area contributed by atoms with Gasteiger partial charge in [0.15, 0.2) is 11.5 Å². The quantitative estimate of drug-likeness (QED) is 0.766. The molecule has 5 heteroatoms. The molecular weight excluding hydrogens is 402 g/mol. The SMILES string of the molecule is COc1cc2c(cc1OCC13C4C5C6C4C1C6C53)CCN1C[C@@H](OC(C)(C)C)[C@H](O)C[C@H]21. The number of ether oxygens (including phenoxy) is 3. The molecule has 2 heterocycles. The lowest BCUT2D eigenvalue weighted by atomic mass is 8.97. The van der Waals surface area contributed by atoms with Crippen molar-refractivity contribution in [1.82, 2.24) is 4.90 Å². The lowest BCUT2D eigenvalue weighted by Crippen LogP contribution is -3.06. The van der Waals surface area contributed by atoms with Crippen molar-refractivity contribution in [2.24, 2.45) is 46.8 Å². The molecule has 0 radical (unpaired) electrons. The molecule has 6 aliphatic carbocycles. The molecule has 6 saturated carbocycles. The molecule has 1 saturated heterocycles. The van der Waals surface area contributed by atoms with Crippen LogP contribution in [0.25, 0.3) is 0 Å². The zero-order valence-corrected chi connectivity index (χ0v) is 19.6. The molecule has 2 aliphatic heterocycles. The van der Waals surface area contributed by atoms with Gasteiger partial charge in [0.25, 0.3) is 0 Å². The van der Waals surface area contributed by atoms with E-state index in [1.54, 1.807) is 7.11 Å². The number of hydrogen-bond donors (Lipinski definition) is 1. The van der Waals surface area contributed by atoms with Crippen LogP contribution >= 0.6 is 0 Å². The summed E-state index contributed by atoms with van der Waals surface area (Å²) < 4.78 is 18.5. The summed E-state index contributed by atoms with van der Waals surface area (Å²) in [5.41, 5.74) is 2.97. The summed E-state index contributed by atoms with van der Waals surface area (Å²) in [5, 5.41) is 10.9. The van der Waals surface area contributed by atoms with E-state index in [2.05, 4.69) is 37.8 Å². The lowest BCUT2D eigenvalue weighted by Gasteiger charge is -3.07. The van der Waals surface area contributed by atoms with Crippen molar-refractivity contribution in [2.75, 3.05) is 26.8 Å². The topological polar surface area (TPSA) is 51.2 Å². The second-order valence-corrected chi connectivity index (χ2v) is 12.8. The molecule has 0 unspecified atom stereocenters. The maximum atomic E-state index is 10.9. The molecule has 1 aromatic rings. The maximum Gasteiger partial charge on any atom is 0.161 e. The minimum Gasteiger partial charge on any atom is -0.493 e. The predicted octanol–water partition coefficient (Wildman–Crippen LogP) is 3.29. The van der Waals surface area contributed by atoms with Crippen LogP contribution in [0.15, 0.2) is 12.1 Å². The number of fused-ring (bicyclic) bond motifs is 3. The zero-order chi connectivity index (χ0) is 21.7. The van der Waals surface area contributed by atoms with Crippen LogP contribution in [-0.4, -0.2) is 54.6 Å². The van der Waals surface area contributed by atoms with Crippen LogP contribution in [0, 0.1) is 46.8 Å². The number of aliphatic hydroxyl groups is 1. The number of methoxy groups -OCH3 is 1. The van der Waals surface area contributed by atoms with Gasteiger partial charge in [-0.3, -0.25) is 4.90 Å². The van der Waals surface area contributed by atoms with Gasteiger partial charge < -0.3 is 19.3 Å². The van der Waals surface area contributed by atoms with Crippen molar-refractivity contribution < 1.29 is 19.3 Å². The Morgan fingerprint density at radius 1 is 1.06 bits per heavy atom. The van der Waals surface area contributed by atoms with E-state index in [-0.39, 0.29) is 17.7 Å². The van der Waals surface area contributed by atoms with E-state index in [1.807, 2.05) is 0 Å². The average molecular weight is 438 g/mol. The van der Waals surface area contributed by atoms with E-state index in [0.717, 1.165) is 79.0 Å². The molecule has 1 aromatic carbocycles. The summed E-state index contributed by atoms with van der Waals surface area (Å²) in [6.45, 7) is 8.87. The van der Waals surface area contributed by atoms with Gasteiger partial charge in [0.05, 0.1) is 31.5 Å². The van der Waals surface area contributed by atoms with E-state index in [9.17, 15) is 5.11 Å². The molecule has 3 atom stereocenters. The van der Waals surface area contributed by atoms with Crippen LogP contribution in [0.1, 0.15) is 44.4 Å². The summed E-state index contributed by atoms with van der Waals surface area (Å²) in [4.78, 5) is 2.49. The van der Waals surface area contributed by atoms with Gasteiger partial charge in [-0.25, -0.2) is 0 Å². The molecule has 0 amide bonds. The van der Waals surface area contributed by atoms with Crippen LogP contribution in [0.4, 0.5) is 0 Å². The third kappa shape index (κ3) is 1.93. The number of nitrogens with zero attached hydrogens (tertiary/aromatic N) is 1. The monoisotopic (exact) mass is 437 g/mol. The first-order valence-electron chi connectivity index (χ1n) is 12.8. The molecule has 0 spiro atoms. The highest BCUT2D eigenvalue weighted by Crippen LogP contribution is 3.05. The number of piperidine rings is 1. The summed E-state index contributed by atoms with van der Waals surface area (Å²) in [6, 6.07) is 4.66. The molecule has 9 rings (SSSR count). The first-order valence-corrected chi connectivity index (χ1v) is 12.8. The number of aliphatic hydroxyl groups excluding tert-OH is 1. The highest BCUT2D eigenvalue weighted by atomic mass is 16.5. The van der Waals surface area contributed by atoms with Gasteiger partial charge in [0.2, 0.25) is 0 Å². The van der Waals surface area contributed by atoms with E-state index in [4.69, 9.17) is 14.2 Å². The highest BCUT2D eigenvalue weighted by Gasteiger charge is 3.04. The first kappa shape index (κ1) is 19.1. The van der Waals surface area contributed by atoms with Crippen molar-refractivity contribution in [3.8, 4) is 11.5 Å². The minimum atomic E-state index is -0.447. The Labute approximate surface area is 190 Å². The minimum absolute atomic E-state index is 0.130. The van der Waals surface area contributed by atoms with E-state index in [1.165, 1.54) is 11.1 Å². The van der Waals surface area contributed by atoms with Crippen molar-refractivity contribution in [3.63, 3.8) is 0 Å². The summed E-state index contributed by atoms with van der Waals surface area (Å²) in [7, 11) is 1.75. The molecule has 0 bridgehead atoms. The molecule has 32 heavy (non-hydrogen) atoms. The van der Waals surface area contributed by atoms with Crippen molar-refractivity contribution in [2.45, 2.75) is 57.5 Å². The Balaban J connectivity index is 1.02. The average Bonchev–Trinajstić information content (AvgIpc) is 2.77. The third-order valence-corrected chi connectivity index (χ3v) is 10.9. The van der Waals surface area contributed by atoms with E-state index in [0.29, 0.717) is 11.8 Å². The first-order chi connectivity index (χ1) is 15.3. The van der Waals surface area contributed by atoms with E-state index < -0.39 is 6.10 Å². The molecule has 0 aromatic heterocycles. The Morgan fingerprint density at radius 2 is 1.78 bits per heavy atom. The standard InChI is InChI=1S/C27H35NO4/c1-26(2,3)32-18-10-28-6-5-12-7-17(16(30-4)8-13(12)14(28)9-15(18)29)31-11-27-23-20-19-21(23)25(27)22(19)24(20)27/h7-8,14-15,18-25,29H,5-6,9-11H2,1-4H3/t14-,15-,18-,19?,20?,21?,22?,23?,24?,25?,27?/m1/s1. The van der Waals surface area contributed by atoms with Gasteiger partial charge in [0.1, 0.15) is 0 Å². The predicted molar refractivity (Wildman–Crippen MR) is 119 cm³/mol. The summed E-state index contributed by atoms with van der Waals surface area (Å²) >= 11 is 0. The van der Waals surface area contributed by atoms with Crippen LogP contribution in [0.5, 0.6) is 11.5 Å². The molecule has 8 aliphatic rings. The Bertz CT molecular complexity index is 963. The molecule has 1 N–H and O–H groups in total. The number of hydrogen-bond acceptors (Lipinski definition) is 5. The highest BCUT2D eigenvalue weighted by molar-refractivity contribution is 5.52. The van der Waals surface area contributed by atoms with Crippen LogP contribution in [0.2, 0.25) is 0 Å². The van der Waals surface area contributed by atoms with Crippen LogP contribution in [0.3, 0.4) is 0 Å². The van der Waals surface area contributed by atoms with Gasteiger partial charge >= 0.3 is 0 Å². The molecule has 5 nitrogen and oxygen atoms in total. The van der Waals surface area contributed by atoms with Crippen LogP contribution in [-0.2, 0) is 11.2 Å². The summed E-state index contributed by atoms with van der Waals surface area (Å²) in [5.74, 6) is 9.25. The molecule has 172 valence electrons. The summed E-state index contributed by atoms with van der Waals surface area (Å²) in [6.07, 6.45) is 1.14. The fourth-order valence-electron chi connectivity index (χ4n) is 9.99. The van der Waals surface area contributed by atoms with Gasteiger partial charge in [0, 0.05) is 24.5 Å². The van der Waals surface area contributed by atoms with Crippen molar-refractivity contribution in [1.29, 1.82) is 0 Å². The smallest absolute Gasteiger partial charge is 0.161 e. The van der Waals surface area contributed by atoms with E-state index >= 15 is 0 Å². The Hall–Kier alpha value is -1.30. The second-order valence-electron chi connectivity index (χ2n) is 12.8. The normalized spacial score (nSPS) is 50.4. The Kier molecular flexibility index (Phi) is 3.37. The fourth-order valence-corrected chi connectivity index (χ4v) is 9.99.